The fourth-order valence-corrected chi connectivity index (χ4v) is 3.61. The van der Waals surface area contributed by atoms with Crippen molar-refractivity contribution in [3.8, 4) is 23.0 Å². The van der Waals surface area contributed by atoms with Gasteiger partial charge in [-0.05, 0) is 42.8 Å². The van der Waals surface area contributed by atoms with Crippen molar-refractivity contribution in [1.82, 2.24) is 0 Å². The summed E-state index contributed by atoms with van der Waals surface area (Å²) in [5.74, 6) is -0.213. The zero-order valence-electron chi connectivity index (χ0n) is 22.8. The van der Waals surface area contributed by atoms with E-state index in [2.05, 4.69) is 6.92 Å². The summed E-state index contributed by atoms with van der Waals surface area (Å²) in [5.41, 5.74) is 0.194. The molecule has 0 amide bonds. The molecule has 2 aromatic rings. The summed E-state index contributed by atoms with van der Waals surface area (Å²) in [5, 5.41) is 0. The lowest BCUT2D eigenvalue weighted by Crippen LogP contribution is -2.22. The smallest absolute Gasteiger partial charge is 0.377 e. The van der Waals surface area contributed by atoms with E-state index in [9.17, 15) is 9.59 Å². The van der Waals surface area contributed by atoms with Gasteiger partial charge >= 0.3 is 11.9 Å². The van der Waals surface area contributed by atoms with E-state index >= 15 is 0 Å². The van der Waals surface area contributed by atoms with Crippen LogP contribution in [0, 0.1) is 0 Å². The summed E-state index contributed by atoms with van der Waals surface area (Å²) in [4.78, 5) is 46.0. The largest absolute Gasteiger partial charge is 0.497 e. The molecular weight excluding hydrogens is 496 g/mol. The Balaban J connectivity index is 2.04. The minimum atomic E-state index is -1.16. The lowest BCUT2D eigenvalue weighted by atomic mass is 10.1. The third-order valence-electron chi connectivity index (χ3n) is 5.76. The maximum Gasteiger partial charge on any atom is 0.377 e. The minimum absolute atomic E-state index is 0.0969. The van der Waals surface area contributed by atoms with E-state index in [1.807, 2.05) is 0 Å². The van der Waals surface area contributed by atoms with E-state index in [0.717, 1.165) is 19.3 Å². The molecule has 0 aliphatic rings. The highest BCUT2D eigenvalue weighted by Crippen LogP contribution is 2.27. The van der Waals surface area contributed by atoms with E-state index in [4.69, 9.17) is 38.5 Å². The van der Waals surface area contributed by atoms with Crippen LogP contribution >= 0.6 is 0 Å². The Morgan fingerprint density at radius 2 is 1.08 bits per heavy atom. The molecule has 0 saturated heterocycles. The lowest BCUT2D eigenvalue weighted by Gasteiger charge is -2.16. The second-order valence-corrected chi connectivity index (χ2v) is 8.41. The summed E-state index contributed by atoms with van der Waals surface area (Å²) in [6.45, 7) is 2.17. The van der Waals surface area contributed by atoms with Crippen LogP contribution in [0.4, 0.5) is 0 Å². The molecule has 210 valence electrons. The van der Waals surface area contributed by atoms with E-state index in [1.165, 1.54) is 59.8 Å². The molecule has 0 heterocycles. The molecule has 0 spiro atoms. The molecule has 0 aromatic heterocycles. The Morgan fingerprint density at radius 1 is 0.632 bits per heavy atom. The average molecular weight is 535 g/mol. The normalized spacial score (nSPS) is 10.7. The number of hydrogen-bond donors (Lipinski definition) is 0. The van der Waals surface area contributed by atoms with Crippen molar-refractivity contribution < 1.29 is 48.1 Å². The molecular formula is C28H38O10. The predicted octanol–water partition coefficient (Wildman–Crippen LogP) is 6.06. The molecule has 10 nitrogen and oxygen atoms in total. The van der Waals surface area contributed by atoms with Crippen LogP contribution in [0.1, 0.15) is 79.0 Å². The van der Waals surface area contributed by atoms with Gasteiger partial charge in [0.15, 0.2) is 0 Å². The highest BCUT2D eigenvalue weighted by atomic mass is 17.3. The number of ether oxygens (including phenoxy) is 4. The molecule has 0 bridgehead atoms. The maximum atomic E-state index is 12.7. The topological polar surface area (TPSA) is 108 Å². The second-order valence-electron chi connectivity index (χ2n) is 8.41. The zero-order valence-corrected chi connectivity index (χ0v) is 22.8. The van der Waals surface area contributed by atoms with Crippen molar-refractivity contribution in [3.63, 3.8) is 0 Å². The molecule has 10 heteroatoms. The van der Waals surface area contributed by atoms with Gasteiger partial charge in [0, 0.05) is 6.42 Å². The number of hydrogen-bond acceptors (Lipinski definition) is 10. The van der Waals surface area contributed by atoms with Gasteiger partial charge in [0.05, 0.1) is 28.4 Å². The number of carbonyl (C=O) groups is 2. The summed E-state index contributed by atoms with van der Waals surface area (Å²) in [6, 6.07) is 9.37. The molecule has 0 saturated carbocycles. The molecule has 2 rings (SSSR count). The van der Waals surface area contributed by atoms with Crippen LogP contribution in [-0.4, -0.2) is 46.7 Å². The third-order valence-corrected chi connectivity index (χ3v) is 5.76. The van der Waals surface area contributed by atoms with Crippen LogP contribution in [0.15, 0.2) is 36.4 Å². The Bertz CT molecular complexity index is 936. The van der Waals surface area contributed by atoms with Gasteiger partial charge in [-0.15, -0.1) is 9.78 Å². The highest BCUT2D eigenvalue weighted by Gasteiger charge is 2.23. The molecule has 0 aliphatic carbocycles. The van der Waals surface area contributed by atoms with Crippen LogP contribution < -0.4 is 18.9 Å². The van der Waals surface area contributed by atoms with Crippen molar-refractivity contribution in [2.75, 3.05) is 28.4 Å². The first-order valence-corrected chi connectivity index (χ1v) is 12.7. The first kappa shape index (κ1) is 30.7. The van der Waals surface area contributed by atoms with Gasteiger partial charge in [0.1, 0.15) is 34.1 Å². The fraction of sp³-hybridized carbons (Fsp3) is 0.500. The number of rotatable bonds is 18. The van der Waals surface area contributed by atoms with Gasteiger partial charge in [-0.2, -0.15) is 0 Å². The molecule has 0 radical (unpaired) electrons. The van der Waals surface area contributed by atoms with Crippen LogP contribution in [-0.2, 0) is 19.6 Å². The van der Waals surface area contributed by atoms with Crippen LogP contribution in [0.3, 0.4) is 0 Å². The number of carbonyl (C=O) groups excluding carboxylic acids is 2. The van der Waals surface area contributed by atoms with Gasteiger partial charge in [-0.25, -0.2) is 9.59 Å². The number of unbranched alkanes of at least 4 members (excludes halogenated alkanes) is 6. The van der Waals surface area contributed by atoms with E-state index in [-0.39, 0.29) is 22.6 Å². The Kier molecular flexibility index (Phi) is 13.8. The van der Waals surface area contributed by atoms with Gasteiger partial charge < -0.3 is 18.9 Å². The summed E-state index contributed by atoms with van der Waals surface area (Å²) in [7, 11) is 5.81. The minimum Gasteiger partial charge on any atom is -0.497 e. The van der Waals surface area contributed by atoms with E-state index in [1.54, 1.807) is 24.3 Å². The Morgan fingerprint density at radius 3 is 1.50 bits per heavy atom. The standard InChI is InChI=1S/C28H38O10/c1-6-7-8-9-10-11-12-13-26(35-37-27(29)22-18-20(31-2)14-16-24(22)33-4)36-38-28(30)23-19-21(32-3)15-17-25(23)34-5/h14-19,26H,6-13H2,1-5H3. The third kappa shape index (κ3) is 9.75. The van der Waals surface area contributed by atoms with Crippen molar-refractivity contribution in [2.45, 2.75) is 64.6 Å². The molecule has 0 fully saturated rings. The van der Waals surface area contributed by atoms with E-state index < -0.39 is 18.2 Å². The van der Waals surface area contributed by atoms with Crippen LogP contribution in [0.5, 0.6) is 23.0 Å². The molecule has 38 heavy (non-hydrogen) atoms. The Labute approximate surface area is 223 Å². The van der Waals surface area contributed by atoms with Crippen molar-refractivity contribution in [1.29, 1.82) is 0 Å². The fourth-order valence-electron chi connectivity index (χ4n) is 3.61. The number of methoxy groups -OCH3 is 4. The molecule has 0 atom stereocenters. The monoisotopic (exact) mass is 534 g/mol. The van der Waals surface area contributed by atoms with Gasteiger partial charge in [0.25, 0.3) is 0 Å². The van der Waals surface area contributed by atoms with Crippen molar-refractivity contribution in [2.24, 2.45) is 0 Å². The molecule has 0 unspecified atom stereocenters. The average Bonchev–Trinajstić information content (AvgIpc) is 2.96. The predicted molar refractivity (Wildman–Crippen MR) is 138 cm³/mol. The quantitative estimate of drug-likeness (QED) is 0.0968. The highest BCUT2D eigenvalue weighted by molar-refractivity contribution is 5.93. The number of benzene rings is 2. The first-order chi connectivity index (χ1) is 18.5. The van der Waals surface area contributed by atoms with Crippen LogP contribution in [0.25, 0.3) is 0 Å². The molecule has 0 N–H and O–H groups in total. The summed E-state index contributed by atoms with van der Waals surface area (Å²) in [6.07, 6.45) is 6.54. The van der Waals surface area contributed by atoms with Gasteiger partial charge in [0.2, 0.25) is 6.29 Å². The Hall–Kier alpha value is -3.50. The van der Waals surface area contributed by atoms with Crippen molar-refractivity contribution in [3.05, 3.63) is 47.5 Å². The van der Waals surface area contributed by atoms with Gasteiger partial charge in [-0.3, -0.25) is 9.78 Å². The molecule has 2 aromatic carbocycles. The van der Waals surface area contributed by atoms with E-state index in [0.29, 0.717) is 24.3 Å². The second kappa shape index (κ2) is 17.1. The first-order valence-electron chi connectivity index (χ1n) is 12.7. The maximum absolute atomic E-state index is 12.7. The summed E-state index contributed by atoms with van der Waals surface area (Å²) >= 11 is 0. The van der Waals surface area contributed by atoms with Crippen LogP contribution in [0.2, 0.25) is 0 Å². The lowest BCUT2D eigenvalue weighted by molar-refractivity contribution is -0.421. The molecule has 0 aliphatic heterocycles. The van der Waals surface area contributed by atoms with Gasteiger partial charge in [-0.1, -0.05) is 45.4 Å². The zero-order chi connectivity index (χ0) is 27.8. The van der Waals surface area contributed by atoms with Crippen molar-refractivity contribution >= 4 is 11.9 Å². The summed E-state index contributed by atoms with van der Waals surface area (Å²) < 4.78 is 20.8. The SMILES string of the molecule is CCCCCCCCCC(OOC(=O)c1cc(OC)ccc1OC)OOC(=O)c1cc(OC)ccc1OC.